The summed E-state index contributed by atoms with van der Waals surface area (Å²) in [6, 6.07) is 0. The normalized spacial score (nSPS) is 13.8. The molecule has 0 saturated heterocycles. The first-order valence-corrected chi connectivity index (χ1v) is 47.1. The van der Waals surface area contributed by atoms with Crippen LogP contribution in [0, 0.1) is 5.92 Å². The first-order chi connectivity index (χ1) is 50.5. The van der Waals surface area contributed by atoms with E-state index >= 15 is 0 Å². The molecule has 0 fully saturated rings. The van der Waals surface area contributed by atoms with E-state index < -0.39 is 97.5 Å². The number of aliphatic hydroxyl groups excluding tert-OH is 1. The van der Waals surface area contributed by atoms with E-state index in [4.69, 9.17) is 37.0 Å². The van der Waals surface area contributed by atoms with Crippen LogP contribution in [0.4, 0.5) is 0 Å². The first-order valence-electron chi connectivity index (χ1n) is 44.1. The predicted octanol–water partition coefficient (Wildman–Crippen LogP) is 26.0. The van der Waals surface area contributed by atoms with Crippen molar-refractivity contribution in [2.45, 2.75) is 477 Å². The number of hydrogen-bond donors (Lipinski definition) is 3. The Morgan fingerprint density at radius 1 is 0.260 bits per heavy atom. The lowest BCUT2D eigenvalue weighted by Crippen LogP contribution is -2.30. The monoisotopic (exact) mass is 1520 g/mol. The van der Waals surface area contributed by atoms with Gasteiger partial charge in [-0.3, -0.25) is 37.3 Å². The largest absolute Gasteiger partial charge is 0.472 e. The summed E-state index contributed by atoms with van der Waals surface area (Å²) in [7, 11) is -9.92. The Labute approximate surface area is 638 Å². The highest BCUT2D eigenvalue weighted by Crippen LogP contribution is 2.45. The second-order valence-corrected chi connectivity index (χ2v) is 34.0. The maximum absolute atomic E-state index is 13.1. The Morgan fingerprint density at radius 2 is 0.442 bits per heavy atom. The summed E-state index contributed by atoms with van der Waals surface area (Å²) >= 11 is 0. The molecule has 0 heterocycles. The highest BCUT2D eigenvalue weighted by atomic mass is 31.2. The summed E-state index contributed by atoms with van der Waals surface area (Å²) < 4.78 is 68.8. The number of phosphoric acid groups is 2. The first kappa shape index (κ1) is 102. The van der Waals surface area contributed by atoms with Crippen LogP contribution >= 0.6 is 15.6 Å². The average molecular weight is 1520 g/mol. The molecule has 0 saturated carbocycles. The molecule has 3 N–H and O–H groups in total. The van der Waals surface area contributed by atoms with Crippen LogP contribution in [0.1, 0.15) is 458 Å². The number of esters is 4. The molecule has 0 aromatic carbocycles. The molecule has 0 amide bonds. The van der Waals surface area contributed by atoms with Crippen molar-refractivity contribution in [3.8, 4) is 0 Å². The molecule has 0 rings (SSSR count). The van der Waals surface area contributed by atoms with Gasteiger partial charge < -0.3 is 33.8 Å². The molecule has 19 heteroatoms. The second kappa shape index (κ2) is 77.8. The predicted molar refractivity (Wildman–Crippen MR) is 428 cm³/mol. The summed E-state index contributed by atoms with van der Waals surface area (Å²) in [5, 5.41) is 10.7. The van der Waals surface area contributed by atoms with Crippen molar-refractivity contribution in [1.29, 1.82) is 0 Å². The summed E-state index contributed by atoms with van der Waals surface area (Å²) in [6.45, 7) is 7.31. The van der Waals surface area contributed by atoms with Gasteiger partial charge in [-0.25, -0.2) is 9.13 Å². The van der Waals surface area contributed by atoms with E-state index in [0.717, 1.165) is 95.8 Å². The molecule has 0 spiro atoms. The lowest BCUT2D eigenvalue weighted by Gasteiger charge is -2.21. The van der Waals surface area contributed by atoms with Crippen LogP contribution in [0.5, 0.6) is 0 Å². The quantitative estimate of drug-likeness (QED) is 0.0222. The summed E-state index contributed by atoms with van der Waals surface area (Å²) in [6.07, 6.45) is 71.0. The molecule has 0 aliphatic heterocycles. The lowest BCUT2D eigenvalue weighted by molar-refractivity contribution is -0.161. The molecule has 0 bridgehead atoms. The molecular formula is C85H166O17P2. The number of hydrogen-bond acceptors (Lipinski definition) is 15. The number of ether oxygens (including phenoxy) is 4. The Hall–Kier alpha value is -1.94. The van der Waals surface area contributed by atoms with E-state index in [9.17, 15) is 43.2 Å². The highest BCUT2D eigenvalue weighted by molar-refractivity contribution is 7.47. The fourth-order valence-corrected chi connectivity index (χ4v) is 14.9. The fraction of sp³-hybridized carbons (Fsp3) is 0.953. The molecular weight excluding hydrogens is 1350 g/mol. The zero-order chi connectivity index (χ0) is 76.2. The van der Waals surface area contributed by atoms with Crippen molar-refractivity contribution in [3.63, 3.8) is 0 Å². The Kier molecular flexibility index (Phi) is 76.3. The maximum atomic E-state index is 13.1. The molecule has 0 aliphatic carbocycles. The topological polar surface area (TPSA) is 237 Å². The van der Waals surface area contributed by atoms with Gasteiger partial charge in [-0.05, 0) is 31.6 Å². The second-order valence-electron chi connectivity index (χ2n) is 31.1. The smallest absolute Gasteiger partial charge is 0.462 e. The Morgan fingerprint density at radius 3 is 0.654 bits per heavy atom. The van der Waals surface area contributed by atoms with E-state index in [1.807, 2.05) is 0 Å². The van der Waals surface area contributed by atoms with Crippen molar-refractivity contribution >= 4 is 39.5 Å². The number of unbranched alkanes of at least 4 members (excludes halogenated alkanes) is 57. The van der Waals surface area contributed by atoms with E-state index in [2.05, 4.69) is 34.6 Å². The zero-order valence-electron chi connectivity index (χ0n) is 68.2. The lowest BCUT2D eigenvalue weighted by atomic mass is 10.0. The van der Waals surface area contributed by atoms with Crippen molar-refractivity contribution < 1.29 is 80.2 Å². The SMILES string of the molecule is CCCCCCCCCCCCCCCCCCCCCCCC(=O)OC[C@H](COP(=O)(O)OC[C@@H](O)COP(=O)(O)OC[C@@H](COC(=O)CCCCCCCCCCCC)OC(=O)CCCCCCCCCCCC(C)C)OC(=O)CCCCCCCCCCCCCCCCCCCCCCC. The molecule has 5 atom stereocenters. The highest BCUT2D eigenvalue weighted by Gasteiger charge is 2.30. The van der Waals surface area contributed by atoms with E-state index in [0.29, 0.717) is 25.7 Å². The molecule has 2 unspecified atom stereocenters. The molecule has 0 radical (unpaired) electrons. The van der Waals surface area contributed by atoms with Gasteiger partial charge in [-0.1, -0.05) is 407 Å². The van der Waals surface area contributed by atoms with E-state index in [1.54, 1.807) is 0 Å². The minimum atomic E-state index is -4.96. The zero-order valence-corrected chi connectivity index (χ0v) is 70.0. The standard InChI is InChI=1S/C85H166O17P2/c1-6-9-12-15-18-21-24-26-28-30-32-34-36-38-40-42-44-49-54-59-64-69-83(88)96-75-80(101-84(89)70-65-60-55-50-45-43-41-39-37-35-33-31-29-27-25-22-19-16-13-10-7-2)76-99-103(91,92)97-72-79(86)73-98-104(93,94)100-77-81(74-95-82(87)68-63-58-53-48-23-20-17-14-11-8-3)102-85(90)71-66-61-56-51-46-47-52-57-62-67-78(4)5/h78-81,86H,6-77H2,1-5H3,(H,91,92)(H,93,94)/t79-,80-,81-/m1/s1. The van der Waals surface area contributed by atoms with Crippen molar-refractivity contribution in [3.05, 3.63) is 0 Å². The van der Waals surface area contributed by atoms with Gasteiger partial charge in [0.1, 0.15) is 19.3 Å². The van der Waals surface area contributed by atoms with Crippen molar-refractivity contribution in [1.82, 2.24) is 0 Å². The van der Waals surface area contributed by atoms with Crippen LogP contribution in [-0.2, 0) is 65.4 Å². The third kappa shape index (κ3) is 78.2. The summed E-state index contributed by atoms with van der Waals surface area (Å²) in [4.78, 5) is 73.1. The molecule has 0 aromatic rings. The van der Waals surface area contributed by atoms with E-state index in [-0.39, 0.29) is 25.7 Å². The fourth-order valence-electron chi connectivity index (χ4n) is 13.3. The minimum absolute atomic E-state index is 0.106. The molecule has 0 aromatic heterocycles. The van der Waals surface area contributed by atoms with Gasteiger partial charge in [0.2, 0.25) is 0 Å². The molecule has 0 aliphatic rings. The van der Waals surface area contributed by atoms with Crippen LogP contribution in [0.3, 0.4) is 0 Å². The van der Waals surface area contributed by atoms with E-state index in [1.165, 1.54) is 283 Å². The van der Waals surface area contributed by atoms with Crippen molar-refractivity contribution in [2.24, 2.45) is 5.92 Å². The molecule has 17 nitrogen and oxygen atoms in total. The number of aliphatic hydroxyl groups is 1. The van der Waals surface area contributed by atoms with Crippen LogP contribution in [0.2, 0.25) is 0 Å². The average Bonchev–Trinajstić information content (AvgIpc) is 0.921. The molecule has 104 heavy (non-hydrogen) atoms. The summed E-state index contributed by atoms with van der Waals surface area (Å²) in [5.74, 6) is -1.37. The van der Waals surface area contributed by atoms with Crippen LogP contribution < -0.4 is 0 Å². The number of phosphoric ester groups is 2. The third-order valence-corrected chi connectivity index (χ3v) is 21.9. The summed E-state index contributed by atoms with van der Waals surface area (Å²) in [5.41, 5.74) is 0. The number of carbonyl (C=O) groups is 4. The van der Waals surface area contributed by atoms with Crippen LogP contribution in [-0.4, -0.2) is 96.7 Å². The van der Waals surface area contributed by atoms with Gasteiger partial charge in [0.15, 0.2) is 12.2 Å². The van der Waals surface area contributed by atoms with Crippen LogP contribution in [0.15, 0.2) is 0 Å². The Balaban J connectivity index is 5.19. The van der Waals surface area contributed by atoms with Gasteiger partial charge in [-0.2, -0.15) is 0 Å². The van der Waals surface area contributed by atoms with Crippen LogP contribution in [0.25, 0.3) is 0 Å². The number of rotatable bonds is 85. The minimum Gasteiger partial charge on any atom is -0.462 e. The Bertz CT molecular complexity index is 1980. The molecule has 618 valence electrons. The van der Waals surface area contributed by atoms with Gasteiger partial charge in [0, 0.05) is 25.7 Å². The maximum Gasteiger partial charge on any atom is 0.472 e. The van der Waals surface area contributed by atoms with Gasteiger partial charge in [-0.15, -0.1) is 0 Å². The number of carbonyl (C=O) groups excluding carboxylic acids is 4. The van der Waals surface area contributed by atoms with Crippen molar-refractivity contribution in [2.75, 3.05) is 39.6 Å². The van der Waals surface area contributed by atoms with Gasteiger partial charge in [0.05, 0.1) is 26.4 Å². The third-order valence-electron chi connectivity index (χ3n) is 20.0. The van der Waals surface area contributed by atoms with Gasteiger partial charge in [0.25, 0.3) is 0 Å². The van der Waals surface area contributed by atoms with Gasteiger partial charge >= 0.3 is 39.5 Å².